The topological polar surface area (TPSA) is 28.4 Å². The molecule has 0 amide bonds. The Morgan fingerprint density at radius 2 is 2.15 bits per heavy atom. The van der Waals surface area contributed by atoms with Crippen molar-refractivity contribution in [3.63, 3.8) is 0 Å². The molecule has 1 aliphatic heterocycles. The Morgan fingerprint density at radius 3 is 3.00 bits per heavy atom. The fraction of sp³-hybridized carbons (Fsp3) is 0.765. The first-order valence-electron chi connectivity index (χ1n) is 8.33. The van der Waals surface area contributed by atoms with Crippen molar-refractivity contribution >= 4 is 0 Å². The highest BCUT2D eigenvalue weighted by Gasteiger charge is 2.34. The molecule has 0 spiro atoms. The molecule has 2 heterocycles. The van der Waals surface area contributed by atoms with Gasteiger partial charge in [0.2, 0.25) is 0 Å². The lowest BCUT2D eigenvalue weighted by molar-refractivity contribution is 0.0313. The summed E-state index contributed by atoms with van der Waals surface area (Å²) >= 11 is 0. The SMILES string of the molecule is CC(CNCc1ccco1)N1CCCC2CCCCC21. The van der Waals surface area contributed by atoms with E-state index >= 15 is 0 Å². The van der Waals surface area contributed by atoms with Crippen molar-refractivity contribution in [2.75, 3.05) is 13.1 Å². The molecule has 3 rings (SSSR count). The maximum Gasteiger partial charge on any atom is 0.117 e. The Bertz CT molecular complexity index is 388. The highest BCUT2D eigenvalue weighted by molar-refractivity contribution is 4.97. The number of hydrogen-bond acceptors (Lipinski definition) is 3. The summed E-state index contributed by atoms with van der Waals surface area (Å²) in [5.74, 6) is 2.01. The Balaban J connectivity index is 1.49. The Kier molecular flexibility index (Phi) is 4.79. The minimum absolute atomic E-state index is 0.635. The van der Waals surface area contributed by atoms with Crippen LogP contribution in [0.3, 0.4) is 0 Å². The average Bonchev–Trinajstić information content (AvgIpc) is 3.00. The van der Waals surface area contributed by atoms with Crippen LogP contribution in [-0.2, 0) is 6.54 Å². The van der Waals surface area contributed by atoms with E-state index in [0.717, 1.165) is 30.8 Å². The largest absolute Gasteiger partial charge is 0.468 e. The molecule has 3 atom stereocenters. The smallest absolute Gasteiger partial charge is 0.117 e. The van der Waals surface area contributed by atoms with Crippen molar-refractivity contribution in [1.82, 2.24) is 10.2 Å². The quantitative estimate of drug-likeness (QED) is 0.893. The van der Waals surface area contributed by atoms with Crippen LogP contribution in [0.1, 0.15) is 51.2 Å². The summed E-state index contributed by atoms with van der Waals surface area (Å²) in [6.07, 6.45) is 10.4. The van der Waals surface area contributed by atoms with Crippen molar-refractivity contribution in [3.8, 4) is 0 Å². The standard InChI is InChI=1S/C17H28N2O/c1-14(12-18-13-16-8-5-11-20-16)19-10-4-7-15-6-2-3-9-17(15)19/h5,8,11,14-15,17-18H,2-4,6-7,9-10,12-13H2,1H3. The molecule has 1 aromatic rings. The highest BCUT2D eigenvalue weighted by Crippen LogP contribution is 2.36. The van der Waals surface area contributed by atoms with Crippen molar-refractivity contribution in [1.29, 1.82) is 0 Å². The molecule has 3 nitrogen and oxygen atoms in total. The second kappa shape index (κ2) is 6.77. The van der Waals surface area contributed by atoms with E-state index in [2.05, 4.69) is 17.1 Å². The van der Waals surface area contributed by atoms with Crippen LogP contribution >= 0.6 is 0 Å². The molecular weight excluding hydrogens is 248 g/mol. The van der Waals surface area contributed by atoms with E-state index in [1.54, 1.807) is 6.26 Å². The Labute approximate surface area is 122 Å². The lowest BCUT2D eigenvalue weighted by atomic mass is 9.78. The van der Waals surface area contributed by atoms with Gasteiger partial charge < -0.3 is 9.73 Å². The number of fused-ring (bicyclic) bond motifs is 1. The van der Waals surface area contributed by atoms with Crippen LogP contribution in [0.25, 0.3) is 0 Å². The normalized spacial score (nSPS) is 29.1. The zero-order valence-corrected chi connectivity index (χ0v) is 12.7. The molecule has 0 aromatic carbocycles. The molecule has 2 aliphatic rings. The van der Waals surface area contributed by atoms with Crippen molar-refractivity contribution < 1.29 is 4.42 Å². The number of hydrogen-bond donors (Lipinski definition) is 1. The van der Waals surface area contributed by atoms with E-state index in [0.29, 0.717) is 6.04 Å². The summed E-state index contributed by atoms with van der Waals surface area (Å²) in [5.41, 5.74) is 0. The molecule has 1 aromatic heterocycles. The second-order valence-corrected chi connectivity index (χ2v) is 6.55. The first-order chi connectivity index (χ1) is 9.84. The lowest BCUT2D eigenvalue weighted by Gasteiger charge is -2.47. The summed E-state index contributed by atoms with van der Waals surface area (Å²) in [5, 5.41) is 3.54. The number of rotatable bonds is 5. The van der Waals surface area contributed by atoms with E-state index < -0.39 is 0 Å². The molecule has 112 valence electrons. The molecule has 2 fully saturated rings. The van der Waals surface area contributed by atoms with Gasteiger partial charge in [-0.2, -0.15) is 0 Å². The van der Waals surface area contributed by atoms with Gasteiger partial charge in [-0.3, -0.25) is 4.90 Å². The van der Waals surface area contributed by atoms with E-state index in [4.69, 9.17) is 4.42 Å². The van der Waals surface area contributed by atoms with E-state index in [9.17, 15) is 0 Å². The Hall–Kier alpha value is -0.800. The van der Waals surface area contributed by atoms with Gasteiger partial charge in [-0.25, -0.2) is 0 Å². The fourth-order valence-corrected chi connectivity index (χ4v) is 4.15. The molecule has 1 saturated carbocycles. The second-order valence-electron chi connectivity index (χ2n) is 6.55. The number of furan rings is 1. The van der Waals surface area contributed by atoms with Crippen molar-refractivity contribution in [3.05, 3.63) is 24.2 Å². The summed E-state index contributed by atoms with van der Waals surface area (Å²) in [6.45, 7) is 5.58. The minimum atomic E-state index is 0.635. The van der Waals surface area contributed by atoms with Crippen LogP contribution in [-0.4, -0.2) is 30.1 Å². The Morgan fingerprint density at radius 1 is 1.30 bits per heavy atom. The van der Waals surface area contributed by atoms with Gasteiger partial charge in [-0.1, -0.05) is 12.8 Å². The highest BCUT2D eigenvalue weighted by atomic mass is 16.3. The van der Waals surface area contributed by atoms with Crippen molar-refractivity contribution in [2.24, 2.45) is 5.92 Å². The van der Waals surface area contributed by atoms with Crippen LogP contribution in [0.5, 0.6) is 0 Å². The first-order valence-corrected chi connectivity index (χ1v) is 8.33. The molecular formula is C17H28N2O. The number of nitrogens with one attached hydrogen (secondary N) is 1. The molecule has 0 radical (unpaired) electrons. The van der Waals surface area contributed by atoms with Gasteiger partial charge in [0.15, 0.2) is 0 Å². The van der Waals surface area contributed by atoms with Gasteiger partial charge in [0.25, 0.3) is 0 Å². The number of piperidine rings is 1. The monoisotopic (exact) mass is 276 g/mol. The van der Waals surface area contributed by atoms with Crippen LogP contribution < -0.4 is 5.32 Å². The summed E-state index contributed by atoms with van der Waals surface area (Å²) in [4.78, 5) is 2.78. The van der Waals surface area contributed by atoms with Crippen LogP contribution in [0, 0.1) is 5.92 Å². The van der Waals surface area contributed by atoms with Gasteiger partial charge in [0.1, 0.15) is 5.76 Å². The molecule has 3 heteroatoms. The van der Waals surface area contributed by atoms with Gasteiger partial charge in [-0.05, 0) is 57.2 Å². The van der Waals surface area contributed by atoms with Gasteiger partial charge in [0, 0.05) is 18.6 Å². The maximum absolute atomic E-state index is 5.37. The number of likely N-dealkylation sites (tertiary alicyclic amines) is 1. The third kappa shape index (κ3) is 3.26. The lowest BCUT2D eigenvalue weighted by Crippen LogP contribution is -2.53. The van der Waals surface area contributed by atoms with Gasteiger partial charge in [-0.15, -0.1) is 0 Å². The van der Waals surface area contributed by atoms with E-state index in [1.807, 2.05) is 12.1 Å². The molecule has 1 saturated heterocycles. The van der Waals surface area contributed by atoms with Crippen LogP contribution in [0.2, 0.25) is 0 Å². The van der Waals surface area contributed by atoms with E-state index in [-0.39, 0.29) is 0 Å². The summed E-state index contributed by atoms with van der Waals surface area (Å²) < 4.78 is 5.37. The summed E-state index contributed by atoms with van der Waals surface area (Å²) in [6, 6.07) is 5.49. The maximum atomic E-state index is 5.37. The van der Waals surface area contributed by atoms with Crippen molar-refractivity contribution in [2.45, 2.75) is 64.1 Å². The van der Waals surface area contributed by atoms with Crippen LogP contribution in [0.4, 0.5) is 0 Å². The summed E-state index contributed by atoms with van der Waals surface area (Å²) in [7, 11) is 0. The molecule has 20 heavy (non-hydrogen) atoms. The van der Waals surface area contributed by atoms with E-state index in [1.165, 1.54) is 45.1 Å². The van der Waals surface area contributed by atoms with Gasteiger partial charge >= 0.3 is 0 Å². The number of nitrogens with zero attached hydrogens (tertiary/aromatic N) is 1. The molecule has 1 aliphatic carbocycles. The average molecular weight is 276 g/mol. The zero-order chi connectivity index (χ0) is 13.8. The van der Waals surface area contributed by atoms with Crippen LogP contribution in [0.15, 0.2) is 22.8 Å². The molecule has 3 unspecified atom stereocenters. The predicted molar refractivity (Wildman–Crippen MR) is 81.6 cm³/mol. The third-order valence-corrected chi connectivity index (χ3v) is 5.17. The predicted octanol–water partition coefficient (Wildman–Crippen LogP) is 3.41. The molecule has 1 N–H and O–H groups in total. The fourth-order valence-electron chi connectivity index (χ4n) is 4.15. The molecule has 0 bridgehead atoms. The van der Waals surface area contributed by atoms with Gasteiger partial charge in [0.05, 0.1) is 12.8 Å². The third-order valence-electron chi connectivity index (χ3n) is 5.17. The minimum Gasteiger partial charge on any atom is -0.468 e. The zero-order valence-electron chi connectivity index (χ0n) is 12.7. The first kappa shape index (κ1) is 14.2.